The van der Waals surface area contributed by atoms with Gasteiger partial charge in [-0.05, 0) is 18.6 Å². The first-order valence-corrected chi connectivity index (χ1v) is 7.81. The van der Waals surface area contributed by atoms with Crippen LogP contribution >= 0.6 is 0 Å². The van der Waals surface area contributed by atoms with Gasteiger partial charge in [0.25, 0.3) is 0 Å². The van der Waals surface area contributed by atoms with Crippen molar-refractivity contribution in [3.05, 3.63) is 60.5 Å². The highest BCUT2D eigenvalue weighted by Gasteiger charge is 2.27. The molecule has 0 aliphatic carbocycles. The molecule has 23 heavy (non-hydrogen) atoms. The minimum atomic E-state index is 0.286. The molecule has 0 fully saturated rings. The monoisotopic (exact) mass is 309 g/mol. The summed E-state index contributed by atoms with van der Waals surface area (Å²) < 4.78 is 4.14. The minimum Gasteiger partial charge on any atom is -0.328 e. The molecule has 7 nitrogen and oxygen atoms in total. The summed E-state index contributed by atoms with van der Waals surface area (Å²) in [5.74, 6) is 1.12. The van der Waals surface area contributed by atoms with Crippen LogP contribution in [0.4, 0.5) is 0 Å². The number of hydrogen-bond donors (Lipinski definition) is 0. The van der Waals surface area contributed by atoms with E-state index in [4.69, 9.17) is 0 Å². The first kappa shape index (κ1) is 14.1. The van der Waals surface area contributed by atoms with E-state index < -0.39 is 0 Å². The van der Waals surface area contributed by atoms with Gasteiger partial charge in [0.1, 0.15) is 18.5 Å². The Hall–Kier alpha value is -2.54. The lowest BCUT2D eigenvalue weighted by molar-refractivity contribution is 0.154. The Labute approximate surface area is 134 Å². The summed E-state index contributed by atoms with van der Waals surface area (Å²) in [5.41, 5.74) is 2.42. The smallest absolute Gasteiger partial charge is 0.137 e. The molecule has 7 heteroatoms. The van der Waals surface area contributed by atoms with Crippen LogP contribution in [0.5, 0.6) is 0 Å². The lowest BCUT2D eigenvalue weighted by Gasteiger charge is -2.34. The summed E-state index contributed by atoms with van der Waals surface area (Å²) in [5, 5.41) is 4.18. The molecule has 4 rings (SSSR count). The normalized spacial score (nSPS) is 18.0. The summed E-state index contributed by atoms with van der Waals surface area (Å²) in [7, 11) is 0. The van der Waals surface area contributed by atoms with E-state index in [9.17, 15) is 0 Å². The van der Waals surface area contributed by atoms with Gasteiger partial charge in [-0.1, -0.05) is 6.07 Å². The van der Waals surface area contributed by atoms with Crippen LogP contribution in [0.3, 0.4) is 0 Å². The molecule has 0 amide bonds. The van der Waals surface area contributed by atoms with E-state index in [2.05, 4.69) is 42.5 Å². The average molecular weight is 309 g/mol. The van der Waals surface area contributed by atoms with Gasteiger partial charge in [-0.2, -0.15) is 5.10 Å². The highest BCUT2D eigenvalue weighted by molar-refractivity contribution is 5.14. The van der Waals surface area contributed by atoms with Crippen molar-refractivity contribution < 1.29 is 0 Å². The second-order valence-electron chi connectivity index (χ2n) is 5.86. The van der Waals surface area contributed by atoms with E-state index in [1.54, 1.807) is 12.7 Å². The van der Waals surface area contributed by atoms with Crippen LogP contribution in [-0.2, 0) is 19.6 Å². The lowest BCUT2D eigenvalue weighted by atomic mass is 10.1. The molecule has 0 saturated heterocycles. The third kappa shape index (κ3) is 2.75. The summed E-state index contributed by atoms with van der Waals surface area (Å²) in [4.78, 5) is 15.3. The molecule has 3 aromatic rings. The fourth-order valence-electron chi connectivity index (χ4n) is 3.15. The molecule has 1 aliphatic heterocycles. The Morgan fingerprint density at radius 1 is 1.17 bits per heavy atom. The van der Waals surface area contributed by atoms with Crippen LogP contribution in [0.2, 0.25) is 0 Å². The van der Waals surface area contributed by atoms with E-state index in [-0.39, 0.29) is 6.04 Å². The average Bonchev–Trinajstić information content (AvgIpc) is 3.22. The van der Waals surface area contributed by atoms with Crippen molar-refractivity contribution in [3.63, 3.8) is 0 Å². The highest BCUT2D eigenvalue weighted by Crippen LogP contribution is 2.26. The zero-order valence-corrected chi connectivity index (χ0v) is 13.1. The van der Waals surface area contributed by atoms with Crippen LogP contribution in [0.25, 0.3) is 0 Å². The van der Waals surface area contributed by atoms with Gasteiger partial charge in [-0.15, -0.1) is 0 Å². The van der Waals surface area contributed by atoms with Crippen LogP contribution in [-0.4, -0.2) is 40.7 Å². The summed E-state index contributed by atoms with van der Waals surface area (Å²) in [6.07, 6.45) is 9.00. The molecule has 1 unspecified atom stereocenters. The maximum Gasteiger partial charge on any atom is 0.137 e. The summed E-state index contributed by atoms with van der Waals surface area (Å²) in [6, 6.07) is 4.39. The second kappa shape index (κ2) is 5.92. The molecule has 0 bridgehead atoms. The highest BCUT2D eigenvalue weighted by atomic mass is 15.3. The van der Waals surface area contributed by atoms with Gasteiger partial charge in [0, 0.05) is 32.0 Å². The molecular weight excluding hydrogens is 290 g/mol. The maximum atomic E-state index is 4.65. The van der Waals surface area contributed by atoms with Crippen molar-refractivity contribution in [2.45, 2.75) is 32.6 Å². The number of pyridine rings is 1. The quantitative estimate of drug-likeness (QED) is 0.730. The minimum absolute atomic E-state index is 0.286. The Morgan fingerprint density at radius 2 is 2.13 bits per heavy atom. The Morgan fingerprint density at radius 3 is 2.91 bits per heavy atom. The Balaban J connectivity index is 1.53. The summed E-state index contributed by atoms with van der Waals surface area (Å²) >= 11 is 0. The molecule has 0 radical (unpaired) electrons. The second-order valence-corrected chi connectivity index (χ2v) is 5.86. The number of hydrogen-bond acceptors (Lipinski definition) is 5. The third-order valence-electron chi connectivity index (χ3n) is 4.40. The first-order chi connectivity index (χ1) is 11.3. The zero-order valence-electron chi connectivity index (χ0n) is 13.1. The first-order valence-electron chi connectivity index (χ1n) is 7.81. The predicted molar refractivity (Wildman–Crippen MR) is 84.4 cm³/mol. The van der Waals surface area contributed by atoms with Crippen LogP contribution in [0.1, 0.15) is 30.0 Å². The van der Waals surface area contributed by atoms with Gasteiger partial charge < -0.3 is 4.57 Å². The molecule has 1 atom stereocenters. The third-order valence-corrected chi connectivity index (χ3v) is 4.40. The molecule has 1 aliphatic rings. The van der Waals surface area contributed by atoms with E-state index in [0.29, 0.717) is 6.54 Å². The summed E-state index contributed by atoms with van der Waals surface area (Å²) in [6.45, 7) is 5.78. The van der Waals surface area contributed by atoms with E-state index >= 15 is 0 Å². The Bertz CT molecular complexity index is 763. The van der Waals surface area contributed by atoms with Crippen LogP contribution in [0.15, 0.2) is 43.4 Å². The Kier molecular flexibility index (Phi) is 3.63. The van der Waals surface area contributed by atoms with Gasteiger partial charge in [0.05, 0.1) is 24.5 Å². The van der Waals surface area contributed by atoms with Gasteiger partial charge >= 0.3 is 0 Å². The fourth-order valence-corrected chi connectivity index (χ4v) is 3.15. The lowest BCUT2D eigenvalue weighted by Crippen LogP contribution is -2.37. The van der Waals surface area contributed by atoms with Gasteiger partial charge in [-0.25, -0.2) is 14.6 Å². The molecule has 4 heterocycles. The predicted octanol–water partition coefficient (Wildman–Crippen LogP) is 1.49. The molecule has 3 aromatic heterocycles. The zero-order chi connectivity index (χ0) is 15.6. The van der Waals surface area contributed by atoms with E-state index in [0.717, 1.165) is 25.5 Å². The maximum absolute atomic E-state index is 4.65. The molecule has 0 N–H and O–H groups in total. The number of fused-ring (bicyclic) bond motifs is 1. The van der Waals surface area contributed by atoms with Gasteiger partial charge in [-0.3, -0.25) is 9.88 Å². The number of nitrogens with zero attached hydrogens (tertiary/aromatic N) is 7. The number of rotatable bonds is 4. The van der Waals surface area contributed by atoms with Gasteiger partial charge in [0.15, 0.2) is 0 Å². The molecule has 0 spiro atoms. The van der Waals surface area contributed by atoms with Crippen molar-refractivity contribution in [1.82, 2.24) is 34.2 Å². The topological polar surface area (TPSA) is 64.7 Å². The van der Waals surface area contributed by atoms with Crippen molar-refractivity contribution in [1.29, 1.82) is 0 Å². The SMILES string of the molecule is CC1c2ncc(Cn3cncn3)n2CCN1Cc1cccnc1. The van der Waals surface area contributed by atoms with Crippen LogP contribution < -0.4 is 0 Å². The molecule has 0 saturated carbocycles. The van der Waals surface area contributed by atoms with Crippen molar-refractivity contribution in [2.75, 3.05) is 6.54 Å². The standard InChI is InChI=1S/C16H19N7/c1-13-16-19-8-15(10-22-12-18-11-20-22)23(16)6-5-21(13)9-14-3-2-4-17-7-14/h2-4,7-8,11-13H,5-6,9-10H2,1H3. The van der Waals surface area contributed by atoms with Gasteiger partial charge in [0.2, 0.25) is 0 Å². The molecular formula is C16H19N7. The van der Waals surface area contributed by atoms with Crippen molar-refractivity contribution >= 4 is 0 Å². The number of imidazole rings is 1. The fraction of sp³-hybridized carbons (Fsp3) is 0.375. The number of aromatic nitrogens is 6. The molecule has 118 valence electrons. The molecule has 0 aromatic carbocycles. The van der Waals surface area contributed by atoms with Crippen molar-refractivity contribution in [3.8, 4) is 0 Å². The largest absolute Gasteiger partial charge is 0.328 e. The van der Waals surface area contributed by atoms with Crippen LogP contribution in [0, 0.1) is 0 Å². The van der Waals surface area contributed by atoms with Crippen molar-refractivity contribution in [2.24, 2.45) is 0 Å². The van der Waals surface area contributed by atoms with E-state index in [1.165, 1.54) is 11.3 Å². The van der Waals surface area contributed by atoms with E-state index in [1.807, 2.05) is 29.3 Å².